The van der Waals surface area contributed by atoms with Crippen molar-refractivity contribution in [3.63, 3.8) is 0 Å². The summed E-state index contributed by atoms with van der Waals surface area (Å²) in [6.45, 7) is 11.7. The minimum absolute atomic E-state index is 0. The van der Waals surface area contributed by atoms with Gasteiger partial charge in [0.15, 0.2) is 5.96 Å². The number of guanidine groups is 1. The first-order chi connectivity index (χ1) is 11.2. The Hall–Kier alpha value is -0.830. The summed E-state index contributed by atoms with van der Waals surface area (Å²) in [5.41, 5.74) is 2.22. The molecule has 7 heteroatoms. The lowest BCUT2D eigenvalue weighted by atomic mass is 10.1. The molecule has 2 heterocycles. The molecule has 1 fully saturated rings. The molecule has 0 amide bonds. The van der Waals surface area contributed by atoms with Crippen LogP contribution in [0.2, 0.25) is 0 Å². The van der Waals surface area contributed by atoms with Crippen LogP contribution in [-0.4, -0.2) is 49.2 Å². The van der Waals surface area contributed by atoms with Gasteiger partial charge in [-0.1, -0.05) is 25.9 Å². The molecule has 6 nitrogen and oxygen atoms in total. The molecule has 138 valence electrons. The third kappa shape index (κ3) is 5.61. The molecule has 1 atom stereocenters. The molecule has 2 rings (SSSR count). The fourth-order valence-electron chi connectivity index (χ4n) is 3.14. The molecule has 1 aromatic heterocycles. The molecule has 1 aliphatic heterocycles. The Morgan fingerprint density at radius 3 is 2.67 bits per heavy atom. The summed E-state index contributed by atoms with van der Waals surface area (Å²) in [6, 6.07) is 0. The number of likely N-dealkylation sites (tertiary alicyclic amines) is 1. The largest absolute Gasteiger partial charge is 0.361 e. The monoisotopic (exact) mass is 449 g/mol. The SMILES string of the molecule is CCc1noc(CC)c1CNC(=NC)NCC1CCN(CC)C1.I. The summed E-state index contributed by atoms with van der Waals surface area (Å²) in [5, 5.41) is 11.0. The quantitative estimate of drug-likeness (QED) is 0.380. The van der Waals surface area contributed by atoms with E-state index in [0.29, 0.717) is 12.5 Å². The van der Waals surface area contributed by atoms with Crippen molar-refractivity contribution in [1.82, 2.24) is 20.7 Å². The Morgan fingerprint density at radius 2 is 2.08 bits per heavy atom. The molecule has 0 bridgehead atoms. The molecule has 1 aromatic rings. The summed E-state index contributed by atoms with van der Waals surface area (Å²) in [6.07, 6.45) is 3.02. The predicted molar refractivity (Wildman–Crippen MR) is 109 cm³/mol. The van der Waals surface area contributed by atoms with Crippen LogP contribution >= 0.6 is 24.0 Å². The number of rotatable bonds is 7. The summed E-state index contributed by atoms with van der Waals surface area (Å²) in [7, 11) is 1.82. The minimum atomic E-state index is 0. The molecular weight excluding hydrogens is 417 g/mol. The van der Waals surface area contributed by atoms with Gasteiger partial charge in [0.05, 0.1) is 5.69 Å². The highest BCUT2D eigenvalue weighted by Gasteiger charge is 2.21. The van der Waals surface area contributed by atoms with E-state index in [1.54, 1.807) is 0 Å². The van der Waals surface area contributed by atoms with Crippen molar-refractivity contribution in [3.8, 4) is 0 Å². The smallest absolute Gasteiger partial charge is 0.191 e. The fraction of sp³-hybridized carbons (Fsp3) is 0.765. The van der Waals surface area contributed by atoms with Crippen molar-refractivity contribution >= 4 is 29.9 Å². The molecule has 24 heavy (non-hydrogen) atoms. The van der Waals surface area contributed by atoms with Gasteiger partial charge in [0.1, 0.15) is 5.76 Å². The van der Waals surface area contributed by atoms with Crippen LogP contribution in [0.15, 0.2) is 9.52 Å². The second-order valence-electron chi connectivity index (χ2n) is 6.09. The van der Waals surface area contributed by atoms with E-state index in [4.69, 9.17) is 4.52 Å². The average Bonchev–Trinajstić information content (AvgIpc) is 3.20. The Labute approximate surface area is 162 Å². The number of aliphatic imine (C=N–C) groups is 1. The molecule has 0 aromatic carbocycles. The van der Waals surface area contributed by atoms with Crippen LogP contribution in [0, 0.1) is 5.92 Å². The molecule has 1 aliphatic rings. The number of aryl methyl sites for hydroxylation is 2. The molecular formula is C17H32IN5O. The normalized spacial score (nSPS) is 18.5. The van der Waals surface area contributed by atoms with Crippen molar-refractivity contribution < 1.29 is 4.52 Å². The van der Waals surface area contributed by atoms with Crippen molar-refractivity contribution in [2.75, 3.05) is 33.2 Å². The third-order valence-corrected chi connectivity index (χ3v) is 4.64. The highest BCUT2D eigenvalue weighted by Crippen LogP contribution is 2.16. The molecule has 0 spiro atoms. The maximum absolute atomic E-state index is 5.41. The summed E-state index contributed by atoms with van der Waals surface area (Å²) < 4.78 is 5.41. The maximum Gasteiger partial charge on any atom is 0.191 e. The van der Waals surface area contributed by atoms with E-state index in [-0.39, 0.29) is 24.0 Å². The first-order valence-corrected chi connectivity index (χ1v) is 8.84. The van der Waals surface area contributed by atoms with Crippen LogP contribution in [-0.2, 0) is 19.4 Å². The van der Waals surface area contributed by atoms with Gasteiger partial charge in [-0.2, -0.15) is 0 Å². The highest BCUT2D eigenvalue weighted by atomic mass is 127. The molecule has 0 radical (unpaired) electrons. The second kappa shape index (κ2) is 10.9. The number of aromatic nitrogens is 1. The van der Waals surface area contributed by atoms with Gasteiger partial charge in [0.25, 0.3) is 0 Å². The first-order valence-electron chi connectivity index (χ1n) is 8.84. The van der Waals surface area contributed by atoms with Crippen LogP contribution in [0.3, 0.4) is 0 Å². The van der Waals surface area contributed by atoms with Gasteiger partial charge in [-0.05, 0) is 31.8 Å². The lowest BCUT2D eigenvalue weighted by Crippen LogP contribution is -2.40. The number of hydrogen-bond donors (Lipinski definition) is 2. The zero-order valence-electron chi connectivity index (χ0n) is 15.4. The van der Waals surface area contributed by atoms with E-state index in [2.05, 4.69) is 46.5 Å². The lowest BCUT2D eigenvalue weighted by molar-refractivity contribution is 0.342. The second-order valence-corrected chi connectivity index (χ2v) is 6.09. The van der Waals surface area contributed by atoms with Gasteiger partial charge < -0.3 is 20.1 Å². The van der Waals surface area contributed by atoms with Crippen molar-refractivity contribution in [3.05, 3.63) is 17.0 Å². The third-order valence-electron chi connectivity index (χ3n) is 4.64. The van der Waals surface area contributed by atoms with Crippen LogP contribution in [0.1, 0.15) is 44.2 Å². The van der Waals surface area contributed by atoms with E-state index in [0.717, 1.165) is 43.3 Å². The van der Waals surface area contributed by atoms with Gasteiger partial charge in [0, 0.05) is 38.7 Å². The predicted octanol–water partition coefficient (Wildman–Crippen LogP) is 2.42. The van der Waals surface area contributed by atoms with Crippen LogP contribution in [0.5, 0.6) is 0 Å². The number of hydrogen-bond acceptors (Lipinski definition) is 4. The number of nitrogens with zero attached hydrogens (tertiary/aromatic N) is 3. The first kappa shape index (κ1) is 21.2. The Balaban J connectivity index is 0.00000288. The Morgan fingerprint density at radius 1 is 1.29 bits per heavy atom. The van der Waals surface area contributed by atoms with Crippen LogP contribution in [0.4, 0.5) is 0 Å². The van der Waals surface area contributed by atoms with Gasteiger partial charge in [-0.3, -0.25) is 4.99 Å². The summed E-state index contributed by atoms with van der Waals surface area (Å²) in [5.74, 6) is 2.53. The Kier molecular flexibility index (Phi) is 9.65. The summed E-state index contributed by atoms with van der Waals surface area (Å²) in [4.78, 5) is 6.83. The summed E-state index contributed by atoms with van der Waals surface area (Å²) >= 11 is 0. The molecule has 0 saturated carbocycles. The van der Waals surface area contributed by atoms with E-state index >= 15 is 0 Å². The van der Waals surface area contributed by atoms with E-state index in [1.807, 2.05) is 7.05 Å². The van der Waals surface area contributed by atoms with Gasteiger partial charge >= 0.3 is 0 Å². The zero-order chi connectivity index (χ0) is 16.7. The fourth-order valence-corrected chi connectivity index (χ4v) is 3.14. The number of nitrogens with one attached hydrogen (secondary N) is 2. The van der Waals surface area contributed by atoms with E-state index < -0.39 is 0 Å². The molecule has 2 N–H and O–H groups in total. The maximum atomic E-state index is 5.41. The zero-order valence-corrected chi connectivity index (χ0v) is 17.7. The highest BCUT2D eigenvalue weighted by molar-refractivity contribution is 14.0. The lowest BCUT2D eigenvalue weighted by Gasteiger charge is -2.16. The topological polar surface area (TPSA) is 65.7 Å². The van der Waals surface area contributed by atoms with E-state index in [1.165, 1.54) is 25.1 Å². The number of halogens is 1. The minimum Gasteiger partial charge on any atom is -0.361 e. The van der Waals surface area contributed by atoms with Gasteiger partial charge in [-0.15, -0.1) is 24.0 Å². The molecule has 0 aliphatic carbocycles. The Bertz CT molecular complexity index is 496. The van der Waals surface area contributed by atoms with Gasteiger partial charge in [0.2, 0.25) is 0 Å². The molecule has 1 unspecified atom stereocenters. The van der Waals surface area contributed by atoms with Crippen molar-refractivity contribution in [2.45, 2.75) is 46.6 Å². The average molecular weight is 449 g/mol. The van der Waals surface area contributed by atoms with Crippen LogP contribution < -0.4 is 10.6 Å². The van der Waals surface area contributed by atoms with Gasteiger partial charge in [-0.25, -0.2) is 0 Å². The van der Waals surface area contributed by atoms with Crippen molar-refractivity contribution in [1.29, 1.82) is 0 Å². The van der Waals surface area contributed by atoms with E-state index in [9.17, 15) is 0 Å². The van der Waals surface area contributed by atoms with Crippen LogP contribution in [0.25, 0.3) is 0 Å². The van der Waals surface area contributed by atoms with Crippen molar-refractivity contribution in [2.24, 2.45) is 10.9 Å². The molecule has 1 saturated heterocycles. The standard InChI is InChI=1S/C17H31N5O.HI/c1-5-15-14(16(6-2)23-21-15)11-20-17(18-4)19-10-13-8-9-22(7-3)12-13;/h13H,5-12H2,1-4H3,(H2,18,19,20);1H.